The van der Waals surface area contributed by atoms with Crippen LogP contribution in [0.3, 0.4) is 0 Å². The number of para-hydroxylation sites is 2. The van der Waals surface area contributed by atoms with Gasteiger partial charge in [0.05, 0.1) is 23.0 Å². The van der Waals surface area contributed by atoms with Crippen LogP contribution in [0.1, 0.15) is 32.6 Å². The molecular weight excluding hydrogens is 350 g/mol. The second kappa shape index (κ2) is 8.98. The Bertz CT molecular complexity index is 783. The molecule has 6 nitrogen and oxygen atoms in total. The predicted molar refractivity (Wildman–Crippen MR) is 101 cm³/mol. The van der Waals surface area contributed by atoms with Crippen molar-refractivity contribution >= 4 is 34.7 Å². The van der Waals surface area contributed by atoms with Crippen molar-refractivity contribution in [3.05, 3.63) is 30.5 Å². The van der Waals surface area contributed by atoms with E-state index in [0.29, 0.717) is 10.9 Å². The third kappa shape index (κ3) is 5.17. The highest BCUT2D eigenvalue weighted by Gasteiger charge is 2.23. The van der Waals surface area contributed by atoms with Crippen LogP contribution in [0, 0.1) is 5.92 Å². The maximum atomic E-state index is 12.0. The minimum absolute atomic E-state index is 0.0974. The molecule has 3 rings (SSSR count). The number of carbonyl (C=O) groups is 2. The number of thioether (sulfide) groups is 1. The van der Waals surface area contributed by atoms with Gasteiger partial charge < -0.3 is 10.1 Å². The van der Waals surface area contributed by atoms with Crippen LogP contribution in [0.4, 0.5) is 0 Å². The number of amides is 1. The van der Waals surface area contributed by atoms with Gasteiger partial charge in [-0.15, -0.1) is 0 Å². The molecule has 7 heteroatoms. The van der Waals surface area contributed by atoms with E-state index < -0.39 is 5.97 Å². The fourth-order valence-corrected chi connectivity index (χ4v) is 3.75. The Balaban J connectivity index is 1.41. The average molecular weight is 373 g/mol. The number of carbonyl (C=O) groups excluding carboxylic acids is 2. The molecule has 1 amide bonds. The van der Waals surface area contributed by atoms with E-state index in [1.807, 2.05) is 24.3 Å². The summed E-state index contributed by atoms with van der Waals surface area (Å²) in [6.07, 6.45) is 6.12. The molecule has 1 aliphatic rings. The van der Waals surface area contributed by atoms with E-state index in [4.69, 9.17) is 4.74 Å². The van der Waals surface area contributed by atoms with Gasteiger partial charge in [-0.05, 0) is 30.9 Å². The number of benzene rings is 1. The Morgan fingerprint density at radius 3 is 2.81 bits per heavy atom. The van der Waals surface area contributed by atoms with Crippen LogP contribution < -0.4 is 5.32 Å². The van der Waals surface area contributed by atoms with Crippen molar-refractivity contribution < 1.29 is 14.3 Å². The van der Waals surface area contributed by atoms with Crippen molar-refractivity contribution in [2.24, 2.45) is 5.92 Å². The zero-order chi connectivity index (χ0) is 18.4. The monoisotopic (exact) mass is 373 g/mol. The summed E-state index contributed by atoms with van der Waals surface area (Å²) in [5.74, 6) is -0.0880. The van der Waals surface area contributed by atoms with Crippen LogP contribution in [0.15, 0.2) is 35.5 Å². The smallest absolute Gasteiger partial charge is 0.316 e. The highest BCUT2D eigenvalue weighted by molar-refractivity contribution is 7.99. The second-order valence-corrected chi connectivity index (χ2v) is 7.58. The van der Waals surface area contributed by atoms with Crippen molar-refractivity contribution in [2.75, 3.05) is 12.4 Å². The fraction of sp³-hybridized carbons (Fsp3) is 0.474. The van der Waals surface area contributed by atoms with Gasteiger partial charge in [-0.25, -0.2) is 4.98 Å². The van der Waals surface area contributed by atoms with Crippen molar-refractivity contribution in [1.29, 1.82) is 0 Å². The van der Waals surface area contributed by atoms with Crippen molar-refractivity contribution in [1.82, 2.24) is 15.3 Å². The highest BCUT2D eigenvalue weighted by atomic mass is 32.2. The lowest BCUT2D eigenvalue weighted by atomic mass is 9.86. The van der Waals surface area contributed by atoms with Gasteiger partial charge in [-0.3, -0.25) is 14.6 Å². The molecule has 1 saturated carbocycles. The molecule has 1 aromatic heterocycles. The molecule has 0 radical (unpaired) electrons. The summed E-state index contributed by atoms with van der Waals surface area (Å²) in [6, 6.07) is 7.75. The molecule has 2 atom stereocenters. The number of hydrogen-bond donors (Lipinski definition) is 1. The molecule has 0 bridgehead atoms. The Labute approximate surface area is 157 Å². The molecule has 1 N–H and O–H groups in total. The Morgan fingerprint density at radius 2 is 2.00 bits per heavy atom. The average Bonchev–Trinajstić information content (AvgIpc) is 2.66. The van der Waals surface area contributed by atoms with Gasteiger partial charge >= 0.3 is 5.97 Å². The van der Waals surface area contributed by atoms with Gasteiger partial charge in [0.1, 0.15) is 5.03 Å². The summed E-state index contributed by atoms with van der Waals surface area (Å²) in [7, 11) is 0. The van der Waals surface area contributed by atoms with Crippen LogP contribution in [-0.2, 0) is 14.3 Å². The number of esters is 1. The molecule has 0 saturated heterocycles. The highest BCUT2D eigenvalue weighted by Crippen LogP contribution is 2.23. The lowest BCUT2D eigenvalue weighted by molar-refractivity contribution is -0.146. The van der Waals surface area contributed by atoms with Gasteiger partial charge in [0, 0.05) is 6.04 Å². The van der Waals surface area contributed by atoms with Crippen LogP contribution in [-0.4, -0.2) is 40.2 Å². The number of nitrogens with one attached hydrogen (secondary N) is 1. The molecule has 0 spiro atoms. The van der Waals surface area contributed by atoms with E-state index in [1.165, 1.54) is 18.2 Å². The van der Waals surface area contributed by atoms with Gasteiger partial charge in [-0.2, -0.15) is 0 Å². The number of rotatable bonds is 6. The molecule has 2 aromatic rings. The lowest BCUT2D eigenvalue weighted by Gasteiger charge is -2.29. The Hall–Kier alpha value is -2.15. The van der Waals surface area contributed by atoms with Gasteiger partial charge in [0.25, 0.3) is 5.91 Å². The van der Waals surface area contributed by atoms with Crippen molar-refractivity contribution in [3.8, 4) is 0 Å². The summed E-state index contributed by atoms with van der Waals surface area (Å²) in [5, 5.41) is 3.63. The summed E-state index contributed by atoms with van der Waals surface area (Å²) in [5.41, 5.74) is 1.60. The van der Waals surface area contributed by atoms with Crippen molar-refractivity contribution in [2.45, 2.75) is 43.7 Å². The number of fused-ring (bicyclic) bond motifs is 1. The molecule has 0 aliphatic heterocycles. The van der Waals surface area contributed by atoms with E-state index in [-0.39, 0.29) is 24.3 Å². The summed E-state index contributed by atoms with van der Waals surface area (Å²) >= 11 is 1.25. The molecule has 2 unspecified atom stereocenters. The van der Waals surface area contributed by atoms with E-state index in [2.05, 4.69) is 22.2 Å². The first-order valence-corrected chi connectivity index (χ1v) is 9.90. The lowest BCUT2D eigenvalue weighted by Crippen LogP contribution is -2.43. The first-order chi connectivity index (χ1) is 12.6. The molecule has 138 valence electrons. The standard InChI is InChI=1S/C19H23N3O3S/c1-13-6-2-3-7-14(13)21-17(23)11-25-19(24)12-26-18-10-20-15-8-4-5-9-16(15)22-18/h4-5,8-10,13-14H,2-3,6-7,11-12H2,1H3,(H,21,23). The maximum absolute atomic E-state index is 12.0. The SMILES string of the molecule is CC1CCCCC1NC(=O)COC(=O)CSc1cnc2ccccc2n1. The first-order valence-electron chi connectivity index (χ1n) is 8.91. The Morgan fingerprint density at radius 1 is 1.23 bits per heavy atom. The van der Waals surface area contributed by atoms with Crippen LogP contribution in [0.2, 0.25) is 0 Å². The molecule has 1 aliphatic carbocycles. The third-order valence-corrected chi connectivity index (χ3v) is 5.46. The number of aromatic nitrogens is 2. The molecule has 1 aromatic carbocycles. The van der Waals surface area contributed by atoms with Crippen LogP contribution in [0.25, 0.3) is 11.0 Å². The third-order valence-electron chi connectivity index (χ3n) is 4.59. The first kappa shape index (κ1) is 18.6. The van der Waals surface area contributed by atoms with Gasteiger partial charge in [-0.1, -0.05) is 43.7 Å². The van der Waals surface area contributed by atoms with Crippen LogP contribution in [0.5, 0.6) is 0 Å². The zero-order valence-corrected chi connectivity index (χ0v) is 15.6. The minimum Gasteiger partial charge on any atom is -0.455 e. The Kier molecular flexibility index (Phi) is 6.44. The van der Waals surface area contributed by atoms with Crippen molar-refractivity contribution in [3.63, 3.8) is 0 Å². The fourth-order valence-electron chi connectivity index (χ4n) is 3.11. The predicted octanol–water partition coefficient (Wildman–Crippen LogP) is 2.96. The normalized spacial score (nSPS) is 19.9. The molecule has 26 heavy (non-hydrogen) atoms. The largest absolute Gasteiger partial charge is 0.455 e. The summed E-state index contributed by atoms with van der Waals surface area (Å²) in [6.45, 7) is 1.92. The topological polar surface area (TPSA) is 81.2 Å². The molecule has 1 heterocycles. The summed E-state index contributed by atoms with van der Waals surface area (Å²) < 4.78 is 5.07. The minimum atomic E-state index is -0.434. The summed E-state index contributed by atoms with van der Waals surface area (Å²) in [4.78, 5) is 32.6. The molecule has 1 fully saturated rings. The van der Waals surface area contributed by atoms with Gasteiger partial charge in [0.15, 0.2) is 6.61 Å². The molecular formula is C19H23N3O3S. The van der Waals surface area contributed by atoms with E-state index >= 15 is 0 Å². The maximum Gasteiger partial charge on any atom is 0.316 e. The van der Waals surface area contributed by atoms with E-state index in [0.717, 1.165) is 30.3 Å². The quantitative estimate of drug-likeness (QED) is 0.619. The van der Waals surface area contributed by atoms with Crippen LogP contribution >= 0.6 is 11.8 Å². The number of nitrogens with zero attached hydrogens (tertiary/aromatic N) is 2. The van der Waals surface area contributed by atoms with Gasteiger partial charge in [0.2, 0.25) is 0 Å². The number of ether oxygens (including phenoxy) is 1. The van der Waals surface area contributed by atoms with E-state index in [1.54, 1.807) is 6.20 Å². The van der Waals surface area contributed by atoms with E-state index in [9.17, 15) is 9.59 Å². The second-order valence-electron chi connectivity index (χ2n) is 6.58. The number of hydrogen-bond acceptors (Lipinski definition) is 6. The zero-order valence-electron chi connectivity index (χ0n) is 14.8.